The minimum Gasteiger partial charge on any atom is -0.391 e. The molecule has 0 unspecified atom stereocenters. The maximum Gasteiger partial charge on any atom is 0.227 e. The number of amides is 1. The zero-order valence-electron chi connectivity index (χ0n) is 10.1. The van der Waals surface area contributed by atoms with E-state index in [0.717, 1.165) is 18.4 Å². The predicted octanol–water partition coefficient (Wildman–Crippen LogP) is 1.68. The van der Waals surface area contributed by atoms with E-state index < -0.39 is 0 Å². The van der Waals surface area contributed by atoms with E-state index in [1.165, 1.54) is 0 Å². The third-order valence-electron chi connectivity index (χ3n) is 3.34. The van der Waals surface area contributed by atoms with Crippen molar-refractivity contribution in [2.24, 2.45) is 5.92 Å². The van der Waals surface area contributed by atoms with Crippen molar-refractivity contribution in [2.45, 2.75) is 31.8 Å². The molecule has 1 fully saturated rings. The van der Waals surface area contributed by atoms with Crippen molar-refractivity contribution in [3.05, 3.63) is 35.9 Å². The molecule has 0 saturated heterocycles. The second-order valence-corrected chi connectivity index (χ2v) is 4.78. The summed E-state index contributed by atoms with van der Waals surface area (Å²) >= 11 is 0. The molecular weight excluding hydrogens is 214 g/mol. The third-order valence-corrected chi connectivity index (χ3v) is 3.34. The van der Waals surface area contributed by atoms with Gasteiger partial charge in [0.05, 0.1) is 12.0 Å². The molecule has 0 spiro atoms. The van der Waals surface area contributed by atoms with Crippen LogP contribution in [0.4, 0.5) is 0 Å². The highest BCUT2D eigenvalue weighted by molar-refractivity contribution is 5.83. The Balaban J connectivity index is 1.82. The number of nitrogens with one attached hydrogen (secondary N) is 1. The molecule has 92 valence electrons. The predicted molar refractivity (Wildman–Crippen MR) is 66.6 cm³/mol. The molecule has 1 saturated carbocycles. The van der Waals surface area contributed by atoms with Gasteiger partial charge in [-0.25, -0.2) is 0 Å². The van der Waals surface area contributed by atoms with Crippen molar-refractivity contribution >= 4 is 5.91 Å². The first-order chi connectivity index (χ1) is 8.18. The molecule has 1 aromatic rings. The second-order valence-electron chi connectivity index (χ2n) is 4.78. The van der Waals surface area contributed by atoms with Gasteiger partial charge in [-0.1, -0.05) is 30.3 Å². The van der Waals surface area contributed by atoms with Crippen LogP contribution in [0.1, 0.15) is 31.2 Å². The monoisotopic (exact) mass is 233 g/mol. The lowest BCUT2D eigenvalue weighted by molar-refractivity contribution is -0.122. The molecule has 2 rings (SSSR count). The van der Waals surface area contributed by atoms with Crippen LogP contribution < -0.4 is 5.32 Å². The molecule has 0 heterocycles. The van der Waals surface area contributed by atoms with Crippen molar-refractivity contribution < 1.29 is 9.90 Å². The Morgan fingerprint density at radius 2 is 2.06 bits per heavy atom. The Morgan fingerprint density at radius 1 is 1.41 bits per heavy atom. The van der Waals surface area contributed by atoms with E-state index in [1.54, 1.807) is 0 Å². The summed E-state index contributed by atoms with van der Waals surface area (Å²) in [5, 5.41) is 12.5. The lowest BCUT2D eigenvalue weighted by Gasteiger charge is -2.15. The van der Waals surface area contributed by atoms with E-state index in [1.807, 2.05) is 37.3 Å². The van der Waals surface area contributed by atoms with Gasteiger partial charge < -0.3 is 10.4 Å². The Labute approximate surface area is 102 Å². The highest BCUT2D eigenvalue weighted by Gasteiger charge is 2.30. The molecule has 3 heteroatoms. The van der Waals surface area contributed by atoms with Gasteiger partial charge in [0.15, 0.2) is 0 Å². The summed E-state index contributed by atoms with van der Waals surface area (Å²) in [6, 6.07) is 9.68. The van der Waals surface area contributed by atoms with Gasteiger partial charge in [0.2, 0.25) is 5.91 Å². The van der Waals surface area contributed by atoms with Crippen molar-refractivity contribution in [1.29, 1.82) is 0 Å². The molecule has 0 aromatic heterocycles. The van der Waals surface area contributed by atoms with Crippen LogP contribution in [0.25, 0.3) is 0 Å². The van der Waals surface area contributed by atoms with Gasteiger partial charge in [-0.2, -0.15) is 0 Å². The Bertz CT molecular complexity index is 373. The second kappa shape index (κ2) is 5.32. The van der Waals surface area contributed by atoms with Gasteiger partial charge in [-0.15, -0.1) is 0 Å². The molecule has 1 aliphatic carbocycles. The number of rotatable bonds is 5. The number of hydrogen-bond acceptors (Lipinski definition) is 2. The first-order valence-corrected chi connectivity index (χ1v) is 6.19. The van der Waals surface area contributed by atoms with Crippen LogP contribution in [0.5, 0.6) is 0 Å². The average molecular weight is 233 g/mol. The number of benzene rings is 1. The number of aliphatic hydroxyl groups is 1. The molecule has 0 aliphatic heterocycles. The summed E-state index contributed by atoms with van der Waals surface area (Å²) in [5.41, 5.74) is 1.01. The summed E-state index contributed by atoms with van der Waals surface area (Å²) in [7, 11) is 0. The molecule has 1 aromatic carbocycles. The fourth-order valence-corrected chi connectivity index (χ4v) is 1.90. The van der Waals surface area contributed by atoms with Crippen LogP contribution in [-0.4, -0.2) is 23.7 Å². The van der Waals surface area contributed by atoms with Crippen molar-refractivity contribution in [3.63, 3.8) is 0 Å². The molecule has 17 heavy (non-hydrogen) atoms. The standard InChI is InChI=1S/C14H19NO2/c1-10(11-5-3-2-4-6-11)14(17)15-9-13(16)12-7-8-12/h2-6,10,12-13,16H,7-9H2,1H3,(H,15,17)/t10-,13-/m1/s1. The van der Waals surface area contributed by atoms with Gasteiger partial charge in [0.25, 0.3) is 0 Å². The zero-order chi connectivity index (χ0) is 12.3. The van der Waals surface area contributed by atoms with Crippen LogP contribution in [0, 0.1) is 5.92 Å². The summed E-state index contributed by atoms with van der Waals surface area (Å²) in [6.07, 6.45) is 1.80. The minimum atomic E-state index is -0.373. The Morgan fingerprint density at radius 3 is 2.65 bits per heavy atom. The van der Waals surface area contributed by atoms with Crippen LogP contribution in [0.15, 0.2) is 30.3 Å². The van der Waals surface area contributed by atoms with Gasteiger partial charge in [-0.3, -0.25) is 4.79 Å². The van der Waals surface area contributed by atoms with Crippen molar-refractivity contribution in [1.82, 2.24) is 5.32 Å². The topological polar surface area (TPSA) is 49.3 Å². The van der Waals surface area contributed by atoms with E-state index in [2.05, 4.69) is 5.32 Å². The summed E-state index contributed by atoms with van der Waals surface area (Å²) in [4.78, 5) is 11.9. The highest BCUT2D eigenvalue weighted by Crippen LogP contribution is 2.32. The Kier molecular flexibility index (Phi) is 3.79. The van der Waals surface area contributed by atoms with E-state index in [0.29, 0.717) is 12.5 Å². The zero-order valence-corrected chi connectivity index (χ0v) is 10.1. The molecule has 2 atom stereocenters. The number of hydrogen-bond donors (Lipinski definition) is 2. The van der Waals surface area contributed by atoms with Gasteiger partial charge >= 0.3 is 0 Å². The molecule has 3 nitrogen and oxygen atoms in total. The molecular formula is C14H19NO2. The lowest BCUT2D eigenvalue weighted by atomic mass is 10.0. The van der Waals surface area contributed by atoms with Gasteiger partial charge in [-0.05, 0) is 31.2 Å². The summed E-state index contributed by atoms with van der Waals surface area (Å²) in [5.74, 6) is 0.223. The number of aliphatic hydroxyl groups excluding tert-OH is 1. The molecule has 2 N–H and O–H groups in total. The maximum atomic E-state index is 11.9. The van der Waals surface area contributed by atoms with Crippen LogP contribution >= 0.6 is 0 Å². The van der Waals surface area contributed by atoms with E-state index in [4.69, 9.17) is 0 Å². The normalized spacial score (nSPS) is 18.5. The van der Waals surface area contributed by atoms with Gasteiger partial charge in [0, 0.05) is 6.54 Å². The summed E-state index contributed by atoms with van der Waals surface area (Å²) in [6.45, 7) is 2.26. The quantitative estimate of drug-likeness (QED) is 0.813. The van der Waals surface area contributed by atoms with E-state index >= 15 is 0 Å². The average Bonchev–Trinajstić information content (AvgIpc) is 3.20. The number of carbonyl (C=O) groups is 1. The minimum absolute atomic E-state index is 0.0177. The maximum absolute atomic E-state index is 11.9. The lowest BCUT2D eigenvalue weighted by Crippen LogP contribution is -2.35. The highest BCUT2D eigenvalue weighted by atomic mass is 16.3. The smallest absolute Gasteiger partial charge is 0.227 e. The molecule has 0 radical (unpaired) electrons. The van der Waals surface area contributed by atoms with Crippen LogP contribution in [-0.2, 0) is 4.79 Å². The van der Waals surface area contributed by atoms with Gasteiger partial charge in [0.1, 0.15) is 0 Å². The molecule has 1 aliphatic rings. The van der Waals surface area contributed by atoms with E-state index in [-0.39, 0.29) is 17.9 Å². The van der Waals surface area contributed by atoms with Crippen LogP contribution in [0.2, 0.25) is 0 Å². The summed E-state index contributed by atoms with van der Waals surface area (Å²) < 4.78 is 0. The first kappa shape index (κ1) is 12.1. The third kappa shape index (κ3) is 3.30. The largest absolute Gasteiger partial charge is 0.391 e. The van der Waals surface area contributed by atoms with Crippen molar-refractivity contribution in [2.75, 3.05) is 6.54 Å². The van der Waals surface area contributed by atoms with E-state index in [9.17, 15) is 9.90 Å². The van der Waals surface area contributed by atoms with Crippen molar-refractivity contribution in [3.8, 4) is 0 Å². The molecule has 1 amide bonds. The fourth-order valence-electron chi connectivity index (χ4n) is 1.90. The molecule has 0 bridgehead atoms. The Hall–Kier alpha value is -1.35. The first-order valence-electron chi connectivity index (χ1n) is 6.19. The SMILES string of the molecule is C[C@@H](C(=O)NC[C@@H](O)C1CC1)c1ccccc1. The van der Waals surface area contributed by atoms with Crippen LogP contribution in [0.3, 0.4) is 0 Å². The fraction of sp³-hybridized carbons (Fsp3) is 0.500. The number of carbonyl (C=O) groups excluding carboxylic acids is 1.